The Morgan fingerprint density at radius 2 is 1.54 bits per heavy atom. The van der Waals surface area contributed by atoms with Crippen LogP contribution in [0.2, 0.25) is 0 Å². The normalized spacial score (nSPS) is 11.7. The molecule has 0 bridgehead atoms. The third-order valence-corrected chi connectivity index (χ3v) is 4.62. The average molecular weight is 381 g/mol. The van der Waals surface area contributed by atoms with Crippen LogP contribution >= 0.6 is 0 Å². The van der Waals surface area contributed by atoms with Crippen molar-refractivity contribution in [2.24, 2.45) is 0 Å². The highest BCUT2D eigenvalue weighted by Crippen LogP contribution is 2.29. The van der Waals surface area contributed by atoms with Gasteiger partial charge in [0.2, 0.25) is 0 Å². The predicted octanol–water partition coefficient (Wildman–Crippen LogP) is 6.29. The van der Waals surface area contributed by atoms with Crippen molar-refractivity contribution in [2.45, 2.75) is 19.3 Å². The van der Waals surface area contributed by atoms with Crippen LogP contribution in [0.1, 0.15) is 16.7 Å². The number of aromatic nitrogens is 1. The maximum atomic E-state index is 12.7. The fourth-order valence-electron chi connectivity index (χ4n) is 3.14. The molecule has 0 saturated carbocycles. The van der Waals surface area contributed by atoms with E-state index >= 15 is 0 Å². The summed E-state index contributed by atoms with van der Waals surface area (Å²) in [4.78, 5) is 0. The van der Waals surface area contributed by atoms with Gasteiger partial charge in [-0.2, -0.15) is 13.2 Å². The predicted molar refractivity (Wildman–Crippen MR) is 103 cm³/mol. The number of fused-ring (bicyclic) bond motifs is 1. The minimum absolute atomic E-state index is 0.499. The molecule has 0 aliphatic heterocycles. The van der Waals surface area contributed by atoms with E-state index in [0.29, 0.717) is 13.2 Å². The second-order valence-corrected chi connectivity index (χ2v) is 6.63. The second-order valence-electron chi connectivity index (χ2n) is 6.63. The van der Waals surface area contributed by atoms with Crippen LogP contribution in [0.25, 0.3) is 10.9 Å². The third kappa shape index (κ3) is 4.03. The molecule has 0 amide bonds. The van der Waals surface area contributed by atoms with Gasteiger partial charge in [0.05, 0.1) is 5.56 Å². The third-order valence-electron chi connectivity index (χ3n) is 4.62. The van der Waals surface area contributed by atoms with Crippen molar-refractivity contribution in [3.05, 3.63) is 102 Å². The number of benzene rings is 3. The van der Waals surface area contributed by atoms with E-state index in [9.17, 15) is 13.2 Å². The van der Waals surface area contributed by atoms with Crippen LogP contribution in [0.4, 0.5) is 13.2 Å². The van der Waals surface area contributed by atoms with E-state index in [0.717, 1.165) is 39.9 Å². The largest absolute Gasteiger partial charge is 0.489 e. The van der Waals surface area contributed by atoms with Gasteiger partial charge in [0.15, 0.2) is 0 Å². The molecule has 0 atom stereocenters. The molecule has 0 saturated heterocycles. The van der Waals surface area contributed by atoms with Crippen molar-refractivity contribution in [1.29, 1.82) is 0 Å². The summed E-state index contributed by atoms with van der Waals surface area (Å²) < 4.78 is 46.0. The average Bonchev–Trinajstić information content (AvgIpc) is 3.09. The maximum Gasteiger partial charge on any atom is 0.416 e. The zero-order valence-corrected chi connectivity index (χ0v) is 15.0. The highest BCUT2D eigenvalue weighted by molar-refractivity contribution is 5.81. The first-order valence-corrected chi connectivity index (χ1v) is 8.91. The summed E-state index contributed by atoms with van der Waals surface area (Å²) >= 11 is 0. The van der Waals surface area contributed by atoms with E-state index in [1.165, 1.54) is 12.1 Å². The highest BCUT2D eigenvalue weighted by atomic mass is 19.4. The van der Waals surface area contributed by atoms with Crippen LogP contribution in [-0.4, -0.2) is 4.57 Å². The molecule has 0 radical (unpaired) electrons. The van der Waals surface area contributed by atoms with Gasteiger partial charge in [-0.15, -0.1) is 0 Å². The molecule has 28 heavy (non-hydrogen) atoms. The SMILES string of the molecule is FC(F)(F)c1ccc(Cn2ccc3cc(OCc4ccccc4)ccc32)cc1. The molecule has 0 unspecified atom stereocenters. The van der Waals surface area contributed by atoms with Gasteiger partial charge in [-0.25, -0.2) is 0 Å². The Labute approximate surface area is 160 Å². The van der Waals surface area contributed by atoms with Gasteiger partial charge < -0.3 is 9.30 Å². The smallest absolute Gasteiger partial charge is 0.416 e. The van der Waals surface area contributed by atoms with Crippen molar-refractivity contribution in [3.63, 3.8) is 0 Å². The number of ether oxygens (including phenoxy) is 1. The summed E-state index contributed by atoms with van der Waals surface area (Å²) in [7, 11) is 0. The maximum absolute atomic E-state index is 12.7. The Hall–Kier alpha value is -3.21. The molecule has 2 nitrogen and oxygen atoms in total. The monoisotopic (exact) mass is 381 g/mol. The molecule has 0 N–H and O–H groups in total. The molecule has 0 spiro atoms. The van der Waals surface area contributed by atoms with E-state index in [1.807, 2.05) is 65.4 Å². The number of rotatable bonds is 5. The first-order chi connectivity index (χ1) is 13.5. The van der Waals surface area contributed by atoms with E-state index in [1.54, 1.807) is 0 Å². The fraction of sp³-hybridized carbons (Fsp3) is 0.130. The fourth-order valence-corrected chi connectivity index (χ4v) is 3.14. The van der Waals surface area contributed by atoms with Crippen molar-refractivity contribution in [3.8, 4) is 5.75 Å². The molecule has 4 aromatic rings. The summed E-state index contributed by atoms with van der Waals surface area (Å²) in [6, 6.07) is 23.1. The van der Waals surface area contributed by atoms with Gasteiger partial charge in [0, 0.05) is 23.6 Å². The first kappa shape index (κ1) is 18.2. The standard InChI is InChI=1S/C23H18F3NO/c24-23(25,26)20-8-6-17(7-9-20)15-27-13-12-19-14-21(10-11-22(19)27)28-16-18-4-2-1-3-5-18/h1-14H,15-16H2. The number of nitrogens with zero attached hydrogens (tertiary/aromatic N) is 1. The second kappa shape index (κ2) is 7.43. The lowest BCUT2D eigenvalue weighted by molar-refractivity contribution is -0.137. The first-order valence-electron chi connectivity index (χ1n) is 8.91. The lowest BCUT2D eigenvalue weighted by Gasteiger charge is -2.10. The summed E-state index contributed by atoms with van der Waals surface area (Å²) in [6.45, 7) is 1.00. The molecule has 3 aromatic carbocycles. The molecule has 0 aliphatic rings. The van der Waals surface area contributed by atoms with Crippen molar-refractivity contribution >= 4 is 10.9 Å². The van der Waals surface area contributed by atoms with Crippen LogP contribution in [-0.2, 0) is 19.3 Å². The number of alkyl halides is 3. The summed E-state index contributed by atoms with van der Waals surface area (Å²) in [6.07, 6.45) is -2.38. The van der Waals surface area contributed by atoms with Gasteiger partial charge in [-0.3, -0.25) is 0 Å². The molecule has 0 fully saturated rings. The molecular weight excluding hydrogens is 363 g/mol. The molecule has 142 valence electrons. The van der Waals surface area contributed by atoms with E-state index in [4.69, 9.17) is 4.74 Å². The molecule has 1 heterocycles. The molecule has 5 heteroatoms. The summed E-state index contributed by atoms with van der Waals surface area (Å²) in [5.74, 6) is 0.781. The van der Waals surface area contributed by atoms with Gasteiger partial charge >= 0.3 is 6.18 Å². The summed E-state index contributed by atoms with van der Waals surface area (Å²) in [5.41, 5.74) is 2.29. The Balaban J connectivity index is 1.48. The van der Waals surface area contributed by atoms with E-state index in [2.05, 4.69) is 0 Å². The van der Waals surface area contributed by atoms with Crippen LogP contribution in [0.15, 0.2) is 85.1 Å². The Morgan fingerprint density at radius 3 is 2.25 bits per heavy atom. The van der Waals surface area contributed by atoms with Crippen LogP contribution in [0, 0.1) is 0 Å². The summed E-state index contributed by atoms with van der Waals surface area (Å²) in [5, 5.41) is 1.03. The highest BCUT2D eigenvalue weighted by Gasteiger charge is 2.29. The number of hydrogen-bond donors (Lipinski definition) is 0. The van der Waals surface area contributed by atoms with Crippen molar-refractivity contribution < 1.29 is 17.9 Å². The van der Waals surface area contributed by atoms with Crippen molar-refractivity contribution in [1.82, 2.24) is 4.57 Å². The van der Waals surface area contributed by atoms with Gasteiger partial charge in [-0.05, 0) is 47.5 Å². The van der Waals surface area contributed by atoms with Crippen LogP contribution < -0.4 is 4.74 Å². The van der Waals surface area contributed by atoms with Gasteiger partial charge in [0.25, 0.3) is 0 Å². The van der Waals surface area contributed by atoms with Crippen LogP contribution in [0.3, 0.4) is 0 Å². The van der Waals surface area contributed by atoms with Gasteiger partial charge in [-0.1, -0.05) is 42.5 Å². The minimum atomic E-state index is -4.31. The Morgan fingerprint density at radius 1 is 0.786 bits per heavy atom. The van der Waals surface area contributed by atoms with E-state index in [-0.39, 0.29) is 0 Å². The van der Waals surface area contributed by atoms with Crippen molar-refractivity contribution in [2.75, 3.05) is 0 Å². The molecule has 1 aromatic heterocycles. The number of halogens is 3. The molecule has 4 rings (SSSR count). The Kier molecular flexibility index (Phi) is 4.82. The Bertz CT molecular complexity index is 1070. The molecule has 0 aliphatic carbocycles. The van der Waals surface area contributed by atoms with E-state index < -0.39 is 11.7 Å². The topological polar surface area (TPSA) is 14.2 Å². The lowest BCUT2D eigenvalue weighted by Crippen LogP contribution is -2.05. The number of hydrogen-bond acceptors (Lipinski definition) is 1. The zero-order valence-electron chi connectivity index (χ0n) is 15.0. The van der Waals surface area contributed by atoms with Crippen LogP contribution in [0.5, 0.6) is 5.75 Å². The lowest BCUT2D eigenvalue weighted by atomic mass is 10.1. The quantitative estimate of drug-likeness (QED) is 0.396. The molecular formula is C23H18F3NO. The zero-order chi connectivity index (χ0) is 19.6. The van der Waals surface area contributed by atoms with Gasteiger partial charge in [0.1, 0.15) is 12.4 Å². The minimum Gasteiger partial charge on any atom is -0.489 e.